The molecular weight excluding hydrogens is 370 g/mol. The first-order valence-corrected chi connectivity index (χ1v) is 9.58. The molecule has 0 radical (unpaired) electrons. The number of aromatic nitrogens is 4. The summed E-state index contributed by atoms with van der Waals surface area (Å²) < 4.78 is 16.4. The Morgan fingerprint density at radius 1 is 1.07 bits per heavy atom. The standard InChI is InChI=1S/C21H21N5O3/c1-12(2)19(13-3-4-17-18(7-13)28-6-5-27-17)26-21-15-8-16(14-9-24-29-10-14)25-20(15)22-11-23-21/h3-4,7-12,19H,5-6H2,1-2H3,(H2,22,23,25,26)/t19-/m1/s1. The van der Waals surface area contributed by atoms with Gasteiger partial charge in [-0.05, 0) is 29.7 Å². The van der Waals surface area contributed by atoms with E-state index in [1.807, 2.05) is 18.2 Å². The monoisotopic (exact) mass is 391 g/mol. The Balaban J connectivity index is 1.51. The summed E-state index contributed by atoms with van der Waals surface area (Å²) in [6.07, 6.45) is 4.81. The van der Waals surface area contributed by atoms with Crippen molar-refractivity contribution in [2.24, 2.45) is 5.92 Å². The van der Waals surface area contributed by atoms with Crippen molar-refractivity contribution in [1.82, 2.24) is 20.1 Å². The second kappa shape index (κ2) is 7.12. The number of rotatable bonds is 5. The first-order chi connectivity index (χ1) is 14.2. The molecule has 0 fully saturated rings. The summed E-state index contributed by atoms with van der Waals surface area (Å²) in [5.74, 6) is 2.66. The molecule has 5 rings (SSSR count). The summed E-state index contributed by atoms with van der Waals surface area (Å²) in [5, 5.41) is 8.27. The molecule has 0 saturated carbocycles. The molecule has 8 nitrogen and oxygen atoms in total. The lowest BCUT2D eigenvalue weighted by Gasteiger charge is -2.26. The molecule has 0 saturated heterocycles. The number of aromatic amines is 1. The highest BCUT2D eigenvalue weighted by atomic mass is 16.6. The van der Waals surface area contributed by atoms with E-state index in [2.05, 4.69) is 45.3 Å². The number of H-pyrrole nitrogens is 1. The van der Waals surface area contributed by atoms with Crippen LogP contribution in [0.1, 0.15) is 25.5 Å². The van der Waals surface area contributed by atoms with Crippen LogP contribution in [-0.2, 0) is 0 Å². The van der Waals surface area contributed by atoms with Gasteiger partial charge in [0.05, 0.1) is 28.9 Å². The lowest BCUT2D eigenvalue weighted by atomic mass is 9.95. The van der Waals surface area contributed by atoms with Gasteiger partial charge in [0.2, 0.25) is 0 Å². The number of hydrogen-bond acceptors (Lipinski definition) is 7. The molecule has 148 valence electrons. The average molecular weight is 391 g/mol. The van der Waals surface area contributed by atoms with Crippen LogP contribution < -0.4 is 14.8 Å². The molecule has 1 aliphatic heterocycles. The summed E-state index contributed by atoms with van der Waals surface area (Å²) in [6.45, 7) is 5.50. The lowest BCUT2D eigenvalue weighted by Crippen LogP contribution is -2.19. The van der Waals surface area contributed by atoms with E-state index >= 15 is 0 Å². The van der Waals surface area contributed by atoms with Gasteiger partial charge in [-0.3, -0.25) is 0 Å². The summed E-state index contributed by atoms with van der Waals surface area (Å²) in [5.41, 5.74) is 3.61. The maximum atomic E-state index is 5.76. The van der Waals surface area contributed by atoms with Gasteiger partial charge in [-0.25, -0.2) is 9.97 Å². The molecule has 0 bridgehead atoms. The van der Waals surface area contributed by atoms with Crippen LogP contribution >= 0.6 is 0 Å². The molecule has 29 heavy (non-hydrogen) atoms. The first kappa shape index (κ1) is 17.5. The van der Waals surface area contributed by atoms with E-state index in [9.17, 15) is 0 Å². The first-order valence-electron chi connectivity index (χ1n) is 9.58. The van der Waals surface area contributed by atoms with Crippen LogP contribution in [0.3, 0.4) is 0 Å². The molecular formula is C21H21N5O3. The van der Waals surface area contributed by atoms with E-state index in [1.54, 1.807) is 18.8 Å². The van der Waals surface area contributed by atoms with Crippen LogP contribution in [0.25, 0.3) is 22.3 Å². The van der Waals surface area contributed by atoms with Crippen molar-refractivity contribution < 1.29 is 14.0 Å². The van der Waals surface area contributed by atoms with Gasteiger partial charge in [0, 0.05) is 0 Å². The Labute approximate surface area is 167 Å². The number of hydrogen-bond donors (Lipinski definition) is 2. The predicted molar refractivity (Wildman–Crippen MR) is 108 cm³/mol. The molecule has 0 amide bonds. The molecule has 0 aliphatic carbocycles. The second-order valence-electron chi connectivity index (χ2n) is 7.35. The number of anilines is 1. The zero-order valence-electron chi connectivity index (χ0n) is 16.2. The second-order valence-corrected chi connectivity index (χ2v) is 7.35. The maximum absolute atomic E-state index is 5.76. The fourth-order valence-electron chi connectivity index (χ4n) is 3.58. The molecule has 4 heterocycles. The van der Waals surface area contributed by atoms with Crippen molar-refractivity contribution in [3.8, 4) is 22.8 Å². The summed E-state index contributed by atoms with van der Waals surface area (Å²) in [7, 11) is 0. The molecule has 4 aromatic rings. The molecule has 0 spiro atoms. The predicted octanol–water partition coefficient (Wildman–Crippen LogP) is 4.19. The normalized spacial score (nSPS) is 14.3. The molecule has 1 atom stereocenters. The summed E-state index contributed by atoms with van der Waals surface area (Å²) in [4.78, 5) is 12.2. The molecule has 1 aliphatic rings. The quantitative estimate of drug-likeness (QED) is 0.526. The number of nitrogens with one attached hydrogen (secondary N) is 2. The van der Waals surface area contributed by atoms with Crippen molar-refractivity contribution >= 4 is 16.9 Å². The zero-order valence-corrected chi connectivity index (χ0v) is 16.2. The van der Waals surface area contributed by atoms with Crippen molar-refractivity contribution in [3.05, 3.63) is 48.6 Å². The Morgan fingerprint density at radius 3 is 2.72 bits per heavy atom. The van der Waals surface area contributed by atoms with Crippen molar-refractivity contribution in [2.75, 3.05) is 18.5 Å². The lowest BCUT2D eigenvalue weighted by molar-refractivity contribution is 0.171. The largest absolute Gasteiger partial charge is 0.486 e. The van der Waals surface area contributed by atoms with E-state index in [-0.39, 0.29) is 6.04 Å². The van der Waals surface area contributed by atoms with E-state index in [0.29, 0.717) is 19.1 Å². The molecule has 0 unspecified atom stereocenters. The molecule has 1 aromatic carbocycles. The Bertz CT molecular complexity index is 1140. The average Bonchev–Trinajstić information content (AvgIpc) is 3.41. The fraction of sp³-hybridized carbons (Fsp3) is 0.286. The highest BCUT2D eigenvalue weighted by Gasteiger charge is 2.21. The number of fused-ring (bicyclic) bond motifs is 2. The third-order valence-electron chi connectivity index (χ3n) is 5.05. The van der Waals surface area contributed by atoms with Crippen molar-refractivity contribution in [3.63, 3.8) is 0 Å². The highest BCUT2D eigenvalue weighted by molar-refractivity contribution is 5.91. The van der Waals surface area contributed by atoms with Crippen LogP contribution in [0.5, 0.6) is 11.5 Å². The Kier molecular flexibility index (Phi) is 4.31. The number of nitrogens with zero attached hydrogens (tertiary/aromatic N) is 3. The smallest absolute Gasteiger partial charge is 0.161 e. The number of ether oxygens (including phenoxy) is 2. The van der Waals surface area contributed by atoms with Crippen molar-refractivity contribution in [2.45, 2.75) is 19.9 Å². The Hall–Kier alpha value is -3.55. The van der Waals surface area contributed by atoms with Gasteiger partial charge in [0.1, 0.15) is 37.3 Å². The van der Waals surface area contributed by atoms with Crippen molar-refractivity contribution in [1.29, 1.82) is 0 Å². The van der Waals surface area contributed by atoms with Crippen LogP contribution in [0.4, 0.5) is 5.82 Å². The minimum Gasteiger partial charge on any atom is -0.486 e. The van der Waals surface area contributed by atoms with E-state index in [0.717, 1.165) is 45.2 Å². The minimum atomic E-state index is 0.0397. The fourth-order valence-corrected chi connectivity index (χ4v) is 3.58. The van der Waals surface area contributed by atoms with Gasteiger partial charge >= 0.3 is 0 Å². The van der Waals surface area contributed by atoms with Crippen LogP contribution in [0.15, 0.2) is 47.6 Å². The summed E-state index contributed by atoms with van der Waals surface area (Å²) in [6, 6.07) is 8.13. The Morgan fingerprint density at radius 2 is 1.93 bits per heavy atom. The summed E-state index contributed by atoms with van der Waals surface area (Å²) >= 11 is 0. The van der Waals surface area contributed by atoms with E-state index in [4.69, 9.17) is 14.0 Å². The zero-order chi connectivity index (χ0) is 19.8. The van der Waals surface area contributed by atoms with Crippen LogP contribution in [-0.4, -0.2) is 33.3 Å². The van der Waals surface area contributed by atoms with Crippen LogP contribution in [0, 0.1) is 5.92 Å². The van der Waals surface area contributed by atoms with Gasteiger partial charge in [-0.2, -0.15) is 0 Å². The molecule has 3 aromatic heterocycles. The SMILES string of the molecule is CC(C)[C@@H](Nc1ncnc2[nH]c(-c3cnoc3)cc12)c1ccc2c(c1)OCCO2. The van der Waals surface area contributed by atoms with Gasteiger partial charge in [0.15, 0.2) is 11.5 Å². The minimum absolute atomic E-state index is 0.0397. The van der Waals surface area contributed by atoms with Crippen LogP contribution in [0.2, 0.25) is 0 Å². The van der Waals surface area contributed by atoms with E-state index < -0.39 is 0 Å². The van der Waals surface area contributed by atoms with Gasteiger partial charge in [-0.1, -0.05) is 25.1 Å². The third-order valence-corrected chi connectivity index (χ3v) is 5.05. The van der Waals surface area contributed by atoms with Gasteiger partial charge < -0.3 is 24.3 Å². The third kappa shape index (κ3) is 3.26. The molecule has 2 N–H and O–H groups in total. The van der Waals surface area contributed by atoms with Gasteiger partial charge in [0.25, 0.3) is 0 Å². The highest BCUT2D eigenvalue weighted by Crippen LogP contribution is 2.36. The topological polar surface area (TPSA) is 98.1 Å². The van der Waals surface area contributed by atoms with Gasteiger partial charge in [-0.15, -0.1) is 0 Å². The maximum Gasteiger partial charge on any atom is 0.161 e. The number of benzene rings is 1. The molecule has 8 heteroatoms. The van der Waals surface area contributed by atoms with E-state index in [1.165, 1.54) is 0 Å².